The molecule has 0 fully saturated rings. The van der Waals surface area contributed by atoms with Gasteiger partial charge in [-0.05, 0) is 12.5 Å². The van der Waals surface area contributed by atoms with E-state index in [0.29, 0.717) is 5.13 Å². The van der Waals surface area contributed by atoms with Gasteiger partial charge in [0.05, 0.1) is 13.2 Å². The maximum atomic E-state index is 12.0. The molecule has 1 atom stereocenters. The fourth-order valence-electron chi connectivity index (χ4n) is 1.93. The number of carbonyl (C=O) groups is 1. The summed E-state index contributed by atoms with van der Waals surface area (Å²) >= 11 is 1.38. The molecule has 0 unspecified atom stereocenters. The number of aromatic nitrogens is 1. The van der Waals surface area contributed by atoms with Gasteiger partial charge in [-0.3, -0.25) is 5.32 Å². The number of nitrogens with one attached hydrogen (secondary N) is 2. The van der Waals surface area contributed by atoms with E-state index in [2.05, 4.69) is 15.6 Å². The number of anilines is 1. The van der Waals surface area contributed by atoms with Crippen molar-refractivity contribution in [2.75, 3.05) is 12.4 Å². The third-order valence-electron chi connectivity index (χ3n) is 2.88. The third kappa shape index (κ3) is 3.48. The van der Waals surface area contributed by atoms with E-state index in [0.717, 1.165) is 17.7 Å². The first-order valence-electron chi connectivity index (χ1n) is 6.34. The van der Waals surface area contributed by atoms with Crippen LogP contribution in [0.3, 0.4) is 0 Å². The Morgan fingerprint density at radius 2 is 2.25 bits per heavy atom. The topological polar surface area (TPSA) is 63.2 Å². The smallest absolute Gasteiger partial charge is 0.321 e. The number of urea groups is 1. The van der Waals surface area contributed by atoms with Gasteiger partial charge in [-0.25, -0.2) is 9.78 Å². The van der Waals surface area contributed by atoms with Crippen LogP contribution in [0.2, 0.25) is 0 Å². The molecule has 0 spiro atoms. The molecular weight excluding hydrogens is 274 g/mol. The highest BCUT2D eigenvalue weighted by Gasteiger charge is 2.16. The molecule has 2 N–H and O–H groups in total. The molecule has 2 rings (SSSR count). The first-order valence-corrected chi connectivity index (χ1v) is 7.22. The van der Waals surface area contributed by atoms with Crippen LogP contribution in [-0.4, -0.2) is 18.1 Å². The van der Waals surface area contributed by atoms with Gasteiger partial charge in [0.1, 0.15) is 5.75 Å². The Labute approximate surface area is 122 Å². The first-order chi connectivity index (χ1) is 9.74. The summed E-state index contributed by atoms with van der Waals surface area (Å²) in [7, 11) is 1.63. The molecule has 6 heteroatoms. The van der Waals surface area contributed by atoms with Gasteiger partial charge in [0.2, 0.25) is 0 Å². The number of hydrogen-bond acceptors (Lipinski definition) is 4. The van der Waals surface area contributed by atoms with Crippen LogP contribution in [0, 0.1) is 0 Å². The van der Waals surface area contributed by atoms with Crippen LogP contribution in [0.1, 0.15) is 24.9 Å². The number of ether oxygens (including phenoxy) is 1. The molecule has 2 aromatic rings. The summed E-state index contributed by atoms with van der Waals surface area (Å²) in [6, 6.07) is 7.31. The van der Waals surface area contributed by atoms with Crippen LogP contribution in [0.15, 0.2) is 35.8 Å². The number of para-hydroxylation sites is 1. The van der Waals surface area contributed by atoms with Crippen molar-refractivity contribution in [2.45, 2.75) is 19.4 Å². The largest absolute Gasteiger partial charge is 0.496 e. The van der Waals surface area contributed by atoms with Crippen molar-refractivity contribution in [3.05, 3.63) is 41.4 Å². The summed E-state index contributed by atoms with van der Waals surface area (Å²) in [4.78, 5) is 16.0. The second-order valence-corrected chi connectivity index (χ2v) is 5.03. The Bertz CT molecular complexity index is 557. The van der Waals surface area contributed by atoms with E-state index < -0.39 is 0 Å². The van der Waals surface area contributed by atoms with Crippen LogP contribution in [0.5, 0.6) is 5.75 Å². The molecule has 5 nitrogen and oxygen atoms in total. The Morgan fingerprint density at radius 3 is 2.90 bits per heavy atom. The van der Waals surface area contributed by atoms with Gasteiger partial charge < -0.3 is 10.1 Å². The molecule has 20 heavy (non-hydrogen) atoms. The maximum Gasteiger partial charge on any atom is 0.321 e. The fourth-order valence-corrected chi connectivity index (χ4v) is 2.45. The van der Waals surface area contributed by atoms with Crippen molar-refractivity contribution >= 4 is 22.5 Å². The summed E-state index contributed by atoms with van der Waals surface area (Å²) in [5.41, 5.74) is 0.965. The van der Waals surface area contributed by atoms with E-state index in [9.17, 15) is 4.79 Å². The SMILES string of the molecule is CC[C@@H](NC(=O)Nc1nccs1)c1ccccc1OC. The maximum absolute atomic E-state index is 12.0. The zero-order valence-electron chi connectivity index (χ0n) is 11.4. The second kappa shape index (κ2) is 6.91. The lowest BCUT2D eigenvalue weighted by molar-refractivity contribution is 0.248. The average molecular weight is 291 g/mol. The molecule has 2 amide bonds. The summed E-state index contributed by atoms with van der Waals surface area (Å²) in [5, 5.41) is 8.04. The quantitative estimate of drug-likeness (QED) is 0.887. The molecule has 1 aromatic carbocycles. The molecule has 0 aliphatic carbocycles. The number of benzene rings is 1. The lowest BCUT2D eigenvalue weighted by Crippen LogP contribution is -2.32. The minimum Gasteiger partial charge on any atom is -0.496 e. The highest BCUT2D eigenvalue weighted by molar-refractivity contribution is 7.13. The number of hydrogen-bond donors (Lipinski definition) is 2. The molecule has 1 heterocycles. The van der Waals surface area contributed by atoms with Gasteiger partial charge >= 0.3 is 6.03 Å². The van der Waals surface area contributed by atoms with E-state index in [1.54, 1.807) is 13.3 Å². The predicted octanol–water partition coefficient (Wildman–Crippen LogP) is 3.42. The van der Waals surface area contributed by atoms with Gasteiger partial charge in [0, 0.05) is 17.1 Å². The fraction of sp³-hybridized carbons (Fsp3) is 0.286. The van der Waals surface area contributed by atoms with Crippen molar-refractivity contribution < 1.29 is 9.53 Å². The average Bonchev–Trinajstić information content (AvgIpc) is 2.97. The molecule has 0 bridgehead atoms. The van der Waals surface area contributed by atoms with Crippen molar-refractivity contribution in [2.24, 2.45) is 0 Å². The number of methoxy groups -OCH3 is 1. The van der Waals surface area contributed by atoms with E-state index in [4.69, 9.17) is 4.74 Å². The summed E-state index contributed by atoms with van der Waals surface area (Å²) in [5.74, 6) is 0.772. The molecular formula is C14H17N3O2S. The van der Waals surface area contributed by atoms with Crippen LogP contribution < -0.4 is 15.4 Å². The number of thiazole rings is 1. The van der Waals surface area contributed by atoms with Crippen molar-refractivity contribution in [1.29, 1.82) is 0 Å². The van der Waals surface area contributed by atoms with E-state index in [1.165, 1.54) is 11.3 Å². The molecule has 0 saturated heterocycles. The number of carbonyl (C=O) groups excluding carboxylic acids is 1. The molecule has 106 valence electrons. The normalized spacial score (nSPS) is 11.7. The lowest BCUT2D eigenvalue weighted by Gasteiger charge is -2.19. The summed E-state index contributed by atoms with van der Waals surface area (Å²) < 4.78 is 5.33. The van der Waals surface area contributed by atoms with Gasteiger partial charge in [0.15, 0.2) is 5.13 Å². The molecule has 1 aromatic heterocycles. The number of nitrogens with zero attached hydrogens (tertiary/aromatic N) is 1. The van der Waals surface area contributed by atoms with Crippen LogP contribution in [0.25, 0.3) is 0 Å². The Morgan fingerprint density at radius 1 is 1.45 bits per heavy atom. The summed E-state index contributed by atoms with van der Waals surface area (Å²) in [6.45, 7) is 2.01. The first kappa shape index (κ1) is 14.3. The molecule has 0 radical (unpaired) electrons. The monoisotopic (exact) mass is 291 g/mol. The van der Waals surface area contributed by atoms with Crippen LogP contribution in [0.4, 0.5) is 9.93 Å². The van der Waals surface area contributed by atoms with Crippen LogP contribution >= 0.6 is 11.3 Å². The molecule has 0 saturated carbocycles. The molecule has 0 aliphatic rings. The number of amides is 2. The van der Waals surface area contributed by atoms with Crippen molar-refractivity contribution in [3.63, 3.8) is 0 Å². The Hall–Kier alpha value is -2.08. The van der Waals surface area contributed by atoms with Gasteiger partial charge in [-0.2, -0.15) is 0 Å². The molecule has 0 aliphatic heterocycles. The van der Waals surface area contributed by atoms with E-state index in [1.807, 2.05) is 36.6 Å². The Kier molecular flexibility index (Phi) is 4.95. The zero-order valence-corrected chi connectivity index (χ0v) is 12.2. The number of rotatable bonds is 5. The predicted molar refractivity (Wildman–Crippen MR) is 80.3 cm³/mol. The van der Waals surface area contributed by atoms with E-state index >= 15 is 0 Å². The minimum atomic E-state index is -0.266. The van der Waals surface area contributed by atoms with Crippen molar-refractivity contribution in [3.8, 4) is 5.75 Å². The summed E-state index contributed by atoms with van der Waals surface area (Å²) in [6.07, 6.45) is 2.42. The second-order valence-electron chi connectivity index (χ2n) is 4.14. The highest BCUT2D eigenvalue weighted by atomic mass is 32.1. The lowest BCUT2D eigenvalue weighted by atomic mass is 10.0. The van der Waals surface area contributed by atoms with Gasteiger partial charge in [-0.15, -0.1) is 11.3 Å². The van der Waals surface area contributed by atoms with E-state index in [-0.39, 0.29) is 12.1 Å². The standard InChI is InChI=1S/C14H17N3O2S/c1-3-11(10-6-4-5-7-12(10)19-2)16-13(18)17-14-15-8-9-20-14/h4-9,11H,3H2,1-2H3,(H2,15,16,17,18)/t11-/m1/s1. The highest BCUT2D eigenvalue weighted by Crippen LogP contribution is 2.26. The third-order valence-corrected chi connectivity index (χ3v) is 3.57. The van der Waals surface area contributed by atoms with Crippen LogP contribution in [-0.2, 0) is 0 Å². The van der Waals surface area contributed by atoms with Gasteiger partial charge in [0.25, 0.3) is 0 Å². The van der Waals surface area contributed by atoms with Gasteiger partial charge in [-0.1, -0.05) is 25.1 Å². The zero-order chi connectivity index (χ0) is 14.4. The minimum absolute atomic E-state index is 0.105. The Balaban J connectivity index is 2.06. The van der Waals surface area contributed by atoms with Crippen molar-refractivity contribution in [1.82, 2.24) is 10.3 Å².